The van der Waals surface area contributed by atoms with Crippen molar-refractivity contribution in [2.24, 2.45) is 0 Å². The summed E-state index contributed by atoms with van der Waals surface area (Å²) in [6, 6.07) is 3.18. The van der Waals surface area contributed by atoms with Gasteiger partial charge in [-0.2, -0.15) is 0 Å². The lowest BCUT2D eigenvalue weighted by Crippen LogP contribution is -2.46. The molecule has 0 radical (unpaired) electrons. The van der Waals surface area contributed by atoms with Crippen LogP contribution in [0.1, 0.15) is 41.4 Å². The van der Waals surface area contributed by atoms with Gasteiger partial charge in [0.15, 0.2) is 0 Å². The van der Waals surface area contributed by atoms with E-state index in [1.165, 1.54) is 9.80 Å². The van der Waals surface area contributed by atoms with E-state index in [2.05, 4.69) is 31.9 Å². The third-order valence-electron chi connectivity index (χ3n) is 5.72. The van der Waals surface area contributed by atoms with E-state index < -0.39 is 23.6 Å². The molecule has 0 saturated carbocycles. The van der Waals surface area contributed by atoms with Crippen molar-refractivity contribution in [2.75, 3.05) is 54.4 Å². The van der Waals surface area contributed by atoms with Gasteiger partial charge in [-0.1, -0.05) is 0 Å². The Labute approximate surface area is 202 Å². The third kappa shape index (κ3) is 3.49. The molecule has 4 amide bonds. The minimum Gasteiger partial charge on any atom is -0.308 e. The fourth-order valence-corrected chi connectivity index (χ4v) is 5.27. The molecule has 0 spiro atoms. The number of amides is 4. The third-order valence-corrected chi connectivity index (χ3v) is 6.97. The van der Waals surface area contributed by atoms with Gasteiger partial charge in [-0.15, -0.1) is 0 Å². The Kier molecular flexibility index (Phi) is 6.00. The van der Waals surface area contributed by atoms with Gasteiger partial charge in [0, 0.05) is 57.0 Å². The highest BCUT2D eigenvalue weighted by atomic mass is 79.9. The predicted octanol–water partition coefficient (Wildman–Crippen LogP) is 2.68. The Morgan fingerprint density at radius 1 is 0.656 bits per heavy atom. The van der Waals surface area contributed by atoms with Crippen LogP contribution in [-0.4, -0.2) is 97.6 Å². The van der Waals surface area contributed by atoms with E-state index >= 15 is 0 Å². The SMILES string of the molecule is CN(C)CCN1C(=O)c2cc(Br)c3c4c(cc(Br)c(c24)C1=O)C(=O)N(CCN(C)C)C3=O. The molecule has 2 aliphatic heterocycles. The highest BCUT2D eigenvalue weighted by molar-refractivity contribution is 9.10. The lowest BCUT2D eigenvalue weighted by atomic mass is 9.86. The number of hydrogen-bond acceptors (Lipinski definition) is 6. The molecule has 32 heavy (non-hydrogen) atoms. The summed E-state index contributed by atoms with van der Waals surface area (Å²) in [6.07, 6.45) is 0. The quantitative estimate of drug-likeness (QED) is 0.501. The Bertz CT molecular complexity index is 1120. The standard InChI is InChI=1S/C22H22Br2N4O4/c1-25(2)5-7-27-19(29)11-9-14(24)18-16-12(10-13(23)17(15(11)16)21(27)31)20(30)28(22(18)32)8-6-26(3)4/h9-10H,5-8H2,1-4H3. The summed E-state index contributed by atoms with van der Waals surface area (Å²) in [4.78, 5) is 59.4. The fourth-order valence-electron chi connectivity index (χ4n) is 4.08. The maximum atomic E-state index is 13.3. The van der Waals surface area contributed by atoms with Gasteiger partial charge in [0.2, 0.25) is 0 Å². The number of halogens is 2. The maximum absolute atomic E-state index is 13.3. The van der Waals surface area contributed by atoms with Crippen LogP contribution in [-0.2, 0) is 0 Å². The maximum Gasteiger partial charge on any atom is 0.262 e. The van der Waals surface area contributed by atoms with Crippen molar-refractivity contribution < 1.29 is 19.2 Å². The molecule has 10 heteroatoms. The number of carbonyl (C=O) groups is 4. The van der Waals surface area contributed by atoms with Crippen molar-refractivity contribution in [1.29, 1.82) is 0 Å². The zero-order valence-electron chi connectivity index (χ0n) is 18.2. The van der Waals surface area contributed by atoms with E-state index in [1.54, 1.807) is 12.1 Å². The summed E-state index contributed by atoms with van der Waals surface area (Å²) in [7, 11) is 7.46. The lowest BCUT2D eigenvalue weighted by molar-refractivity contribution is 0.0578. The lowest BCUT2D eigenvalue weighted by Gasteiger charge is -2.33. The van der Waals surface area contributed by atoms with Crippen LogP contribution in [0.15, 0.2) is 21.1 Å². The van der Waals surface area contributed by atoms with Crippen molar-refractivity contribution in [1.82, 2.24) is 19.6 Å². The van der Waals surface area contributed by atoms with Crippen molar-refractivity contribution >= 4 is 66.3 Å². The summed E-state index contributed by atoms with van der Waals surface area (Å²) in [5.41, 5.74) is 1.20. The van der Waals surface area contributed by atoms with Crippen molar-refractivity contribution in [3.63, 3.8) is 0 Å². The zero-order valence-corrected chi connectivity index (χ0v) is 21.3. The van der Waals surface area contributed by atoms with Crippen LogP contribution >= 0.6 is 31.9 Å². The topological polar surface area (TPSA) is 81.2 Å². The van der Waals surface area contributed by atoms with Gasteiger partial charge in [0.05, 0.1) is 11.1 Å². The van der Waals surface area contributed by atoms with E-state index in [9.17, 15) is 19.2 Å². The predicted molar refractivity (Wildman–Crippen MR) is 127 cm³/mol. The molecule has 0 aromatic heterocycles. The number of hydrogen-bond donors (Lipinski definition) is 0. The molecule has 0 fully saturated rings. The second kappa shape index (κ2) is 8.33. The van der Waals surface area contributed by atoms with Crippen LogP contribution in [0.2, 0.25) is 0 Å². The fraction of sp³-hybridized carbons (Fsp3) is 0.364. The minimum absolute atomic E-state index is 0.231. The molecule has 0 unspecified atom stereocenters. The van der Waals surface area contributed by atoms with Crippen LogP contribution in [0.4, 0.5) is 0 Å². The van der Waals surface area contributed by atoms with E-state index in [1.807, 2.05) is 38.0 Å². The first kappa shape index (κ1) is 23.0. The van der Waals surface area contributed by atoms with E-state index in [0.717, 1.165) is 0 Å². The van der Waals surface area contributed by atoms with E-state index in [0.29, 0.717) is 55.1 Å². The normalized spacial score (nSPS) is 15.8. The first-order valence-electron chi connectivity index (χ1n) is 10.0. The van der Waals surface area contributed by atoms with Gasteiger partial charge in [-0.05, 0) is 72.2 Å². The summed E-state index contributed by atoms with van der Waals surface area (Å²) in [5, 5.41) is 0.718. The Balaban J connectivity index is 1.95. The smallest absolute Gasteiger partial charge is 0.262 e. The second-order valence-electron chi connectivity index (χ2n) is 8.44. The zero-order chi connectivity index (χ0) is 23.5. The molecule has 0 aliphatic carbocycles. The molecular weight excluding hydrogens is 544 g/mol. The molecule has 8 nitrogen and oxygen atoms in total. The van der Waals surface area contributed by atoms with Crippen LogP contribution in [0.3, 0.4) is 0 Å². The molecule has 2 aromatic carbocycles. The number of benzene rings is 2. The molecule has 2 aromatic rings. The van der Waals surface area contributed by atoms with E-state index in [-0.39, 0.29) is 13.1 Å². The Morgan fingerprint density at radius 3 is 1.31 bits per heavy atom. The monoisotopic (exact) mass is 564 g/mol. The number of likely N-dealkylation sites (N-methyl/N-ethyl adjacent to an activating group) is 2. The van der Waals surface area contributed by atoms with Crippen LogP contribution < -0.4 is 0 Å². The Morgan fingerprint density at radius 2 is 1.00 bits per heavy atom. The van der Waals surface area contributed by atoms with Gasteiger partial charge in [-0.3, -0.25) is 29.0 Å². The largest absolute Gasteiger partial charge is 0.308 e. The first-order chi connectivity index (χ1) is 15.0. The van der Waals surface area contributed by atoms with Crippen LogP contribution in [0.25, 0.3) is 10.8 Å². The molecule has 4 rings (SSSR count). The molecular formula is C22H22Br2N4O4. The minimum atomic E-state index is -0.439. The summed E-state index contributed by atoms with van der Waals surface area (Å²) in [6.45, 7) is 1.50. The molecule has 0 bridgehead atoms. The first-order valence-corrected chi connectivity index (χ1v) is 11.6. The molecule has 2 heterocycles. The van der Waals surface area contributed by atoms with Crippen molar-refractivity contribution in [3.8, 4) is 0 Å². The van der Waals surface area contributed by atoms with Crippen molar-refractivity contribution in [3.05, 3.63) is 43.3 Å². The van der Waals surface area contributed by atoms with Gasteiger partial charge >= 0.3 is 0 Å². The van der Waals surface area contributed by atoms with E-state index in [4.69, 9.17) is 0 Å². The average molecular weight is 566 g/mol. The average Bonchev–Trinajstić information content (AvgIpc) is 2.70. The Hall–Kier alpha value is -2.14. The molecule has 0 N–H and O–H groups in total. The number of imide groups is 2. The highest BCUT2D eigenvalue weighted by Crippen LogP contribution is 2.43. The summed E-state index contributed by atoms with van der Waals surface area (Å²) in [5.74, 6) is -1.75. The number of nitrogens with zero attached hydrogens (tertiary/aromatic N) is 4. The number of rotatable bonds is 6. The molecule has 2 aliphatic rings. The van der Waals surface area contributed by atoms with Gasteiger partial charge in [-0.25, -0.2) is 0 Å². The molecule has 0 saturated heterocycles. The van der Waals surface area contributed by atoms with Gasteiger partial charge in [0.25, 0.3) is 23.6 Å². The highest BCUT2D eigenvalue weighted by Gasteiger charge is 2.42. The second-order valence-corrected chi connectivity index (χ2v) is 10.2. The molecule has 168 valence electrons. The van der Waals surface area contributed by atoms with Gasteiger partial charge in [0.1, 0.15) is 0 Å². The van der Waals surface area contributed by atoms with Crippen LogP contribution in [0, 0.1) is 0 Å². The molecule has 0 atom stereocenters. The summed E-state index contributed by atoms with van der Waals surface area (Å²) < 4.78 is 0.856. The van der Waals surface area contributed by atoms with Gasteiger partial charge < -0.3 is 9.80 Å². The summed E-state index contributed by atoms with van der Waals surface area (Å²) >= 11 is 6.90. The van der Waals surface area contributed by atoms with Crippen LogP contribution in [0.5, 0.6) is 0 Å². The number of carbonyl (C=O) groups excluding carboxylic acids is 4. The van der Waals surface area contributed by atoms with Crippen molar-refractivity contribution in [2.45, 2.75) is 0 Å².